The van der Waals surface area contributed by atoms with Gasteiger partial charge >= 0.3 is 11.7 Å². The number of carbonyl (C=O) groups is 1. The number of ether oxygens (including phenoxy) is 2. The highest BCUT2D eigenvalue weighted by molar-refractivity contribution is 6.74. The van der Waals surface area contributed by atoms with Crippen molar-refractivity contribution in [1.29, 1.82) is 0 Å². The fraction of sp³-hybridized carbons (Fsp3) is 0.720. The van der Waals surface area contributed by atoms with E-state index in [-0.39, 0.29) is 16.7 Å². The van der Waals surface area contributed by atoms with E-state index in [4.69, 9.17) is 18.3 Å². The molecule has 9 nitrogen and oxygen atoms in total. The smallest absolute Gasteiger partial charge is 0.330 e. The number of aromatic amines is 1. The molecule has 1 aliphatic heterocycles. The van der Waals surface area contributed by atoms with Crippen molar-refractivity contribution >= 4 is 22.6 Å². The maximum absolute atomic E-state index is 12.8. The van der Waals surface area contributed by atoms with Crippen LogP contribution in [0.25, 0.3) is 0 Å². The van der Waals surface area contributed by atoms with E-state index in [1.165, 1.54) is 22.9 Å². The number of hydrogen-bond donors (Lipinski definition) is 1. The minimum Gasteiger partial charge on any atom is -0.463 e. The summed E-state index contributed by atoms with van der Waals surface area (Å²) in [6.07, 6.45) is 1.58. The van der Waals surface area contributed by atoms with Crippen molar-refractivity contribution in [2.45, 2.75) is 109 Å². The molecule has 0 saturated carbocycles. The molecule has 1 aromatic heterocycles. The molecule has 1 N–H and O–H groups in total. The van der Waals surface area contributed by atoms with Crippen LogP contribution in [0.1, 0.15) is 54.7 Å². The van der Waals surface area contributed by atoms with Crippen LogP contribution < -0.4 is 11.2 Å². The first-order valence-corrected chi connectivity index (χ1v) is 18.3. The summed E-state index contributed by atoms with van der Waals surface area (Å²) in [5.41, 5.74) is -1.10. The molecule has 2 rings (SSSR count). The number of hydrogen-bond acceptors (Lipinski definition) is 7. The summed E-state index contributed by atoms with van der Waals surface area (Å²) >= 11 is 0. The number of aromatic nitrogens is 2. The second-order valence-corrected chi connectivity index (χ2v) is 21.8. The van der Waals surface area contributed by atoms with Crippen molar-refractivity contribution in [3.05, 3.63) is 45.3 Å². The standard InChI is InChI=1S/C25H44N2O7Si2/c1-12-31-19(29)14-13-17-20(33-35(8,9)24(2,3)4)21(34-36(10,11)25(5,6)7)22(32-17)27-16-15-18(28)26-23(27)30/h13-17,20-22H,12H2,1-11H3,(H,26,28,30)/b14-13+/t17-,20-,21-,22-/m1/s1. The van der Waals surface area contributed by atoms with Crippen LogP contribution in [0.4, 0.5) is 0 Å². The SMILES string of the molecule is CCOC(=O)/C=C/[C@H]1O[C@@H](n2ccc(=O)[nH]c2=O)[C@H](O[Si](C)(C)C(C)(C)C)[C@@H]1O[Si](C)(C)C(C)(C)C. The molecule has 1 aromatic rings. The molecule has 0 bridgehead atoms. The van der Waals surface area contributed by atoms with E-state index in [0.29, 0.717) is 0 Å². The first-order chi connectivity index (χ1) is 16.3. The molecule has 1 saturated heterocycles. The van der Waals surface area contributed by atoms with Crippen LogP contribution in [-0.2, 0) is 23.1 Å². The fourth-order valence-electron chi connectivity index (χ4n) is 3.33. The van der Waals surface area contributed by atoms with Gasteiger partial charge in [-0.15, -0.1) is 0 Å². The summed E-state index contributed by atoms with van der Waals surface area (Å²) in [6, 6.07) is 1.28. The van der Waals surface area contributed by atoms with E-state index in [0.717, 1.165) is 0 Å². The van der Waals surface area contributed by atoms with Crippen LogP contribution in [-0.4, -0.2) is 57.1 Å². The van der Waals surface area contributed by atoms with Gasteiger partial charge in [0.05, 0.1) is 6.61 Å². The molecule has 0 aliphatic carbocycles. The fourth-order valence-corrected chi connectivity index (χ4v) is 5.92. The number of nitrogens with one attached hydrogen (secondary N) is 1. The average molecular weight is 541 g/mol. The van der Waals surface area contributed by atoms with Gasteiger partial charge in [0.15, 0.2) is 22.9 Å². The summed E-state index contributed by atoms with van der Waals surface area (Å²) in [7, 11) is -4.71. The second kappa shape index (κ2) is 10.9. The number of H-pyrrole nitrogens is 1. The van der Waals surface area contributed by atoms with Crippen molar-refractivity contribution in [1.82, 2.24) is 9.55 Å². The van der Waals surface area contributed by atoms with E-state index in [1.54, 1.807) is 13.0 Å². The van der Waals surface area contributed by atoms with Crippen molar-refractivity contribution < 1.29 is 23.1 Å². The topological polar surface area (TPSA) is 109 Å². The number of nitrogens with zero attached hydrogens (tertiary/aromatic N) is 1. The Balaban J connectivity index is 2.66. The molecule has 36 heavy (non-hydrogen) atoms. The largest absolute Gasteiger partial charge is 0.463 e. The van der Waals surface area contributed by atoms with Crippen LogP contribution in [0.5, 0.6) is 0 Å². The van der Waals surface area contributed by atoms with Crippen molar-refractivity contribution in [2.24, 2.45) is 0 Å². The summed E-state index contributed by atoms with van der Waals surface area (Å²) in [6.45, 7) is 23.4. The molecular formula is C25H44N2O7Si2. The van der Waals surface area contributed by atoms with Gasteiger partial charge < -0.3 is 18.3 Å². The predicted molar refractivity (Wildman–Crippen MR) is 145 cm³/mol. The Morgan fingerprint density at radius 1 is 1.03 bits per heavy atom. The van der Waals surface area contributed by atoms with Gasteiger partial charge in [-0.05, 0) is 49.3 Å². The Kier molecular flexibility index (Phi) is 9.21. The number of carbonyl (C=O) groups excluding carboxylic acids is 1. The Labute approximate surface area is 216 Å². The van der Waals surface area contributed by atoms with Gasteiger partial charge in [-0.1, -0.05) is 41.5 Å². The molecule has 4 atom stereocenters. The first-order valence-electron chi connectivity index (χ1n) is 12.5. The van der Waals surface area contributed by atoms with Crippen LogP contribution in [0.3, 0.4) is 0 Å². The van der Waals surface area contributed by atoms with Crippen molar-refractivity contribution in [3.8, 4) is 0 Å². The lowest BCUT2D eigenvalue weighted by atomic mass is 10.1. The van der Waals surface area contributed by atoms with Crippen LogP contribution in [0.15, 0.2) is 34.0 Å². The summed E-state index contributed by atoms with van der Waals surface area (Å²) in [5, 5.41) is -0.218. The normalized spacial score (nSPS) is 23.9. The maximum atomic E-state index is 12.8. The van der Waals surface area contributed by atoms with Crippen molar-refractivity contribution in [3.63, 3.8) is 0 Å². The molecule has 0 spiro atoms. The summed E-state index contributed by atoms with van der Waals surface area (Å²) in [4.78, 5) is 39.0. The third-order valence-corrected chi connectivity index (χ3v) is 16.5. The van der Waals surface area contributed by atoms with E-state index in [9.17, 15) is 14.4 Å². The first kappa shape index (κ1) is 30.4. The molecular weight excluding hydrogens is 496 g/mol. The Morgan fingerprint density at radius 2 is 1.56 bits per heavy atom. The zero-order chi connectivity index (χ0) is 27.7. The van der Waals surface area contributed by atoms with Crippen LogP contribution in [0.2, 0.25) is 36.3 Å². The van der Waals surface area contributed by atoms with Gasteiger partial charge in [0, 0.05) is 18.3 Å². The van der Waals surface area contributed by atoms with Gasteiger partial charge in [0.1, 0.15) is 18.3 Å². The molecule has 1 aliphatic rings. The molecule has 1 fully saturated rings. The molecule has 11 heteroatoms. The van der Waals surface area contributed by atoms with E-state index in [1.807, 2.05) is 0 Å². The van der Waals surface area contributed by atoms with Gasteiger partial charge in [-0.3, -0.25) is 14.3 Å². The lowest BCUT2D eigenvalue weighted by Gasteiger charge is -2.44. The molecule has 2 heterocycles. The van der Waals surface area contributed by atoms with Crippen molar-refractivity contribution in [2.75, 3.05) is 6.61 Å². The quantitative estimate of drug-likeness (QED) is 0.297. The minimum absolute atomic E-state index is 0.100. The van der Waals surface area contributed by atoms with Gasteiger partial charge in [0.25, 0.3) is 5.56 Å². The third kappa shape index (κ3) is 6.94. The van der Waals surface area contributed by atoms with E-state index >= 15 is 0 Å². The maximum Gasteiger partial charge on any atom is 0.330 e. The monoisotopic (exact) mass is 540 g/mol. The summed E-state index contributed by atoms with van der Waals surface area (Å²) in [5.74, 6) is -0.487. The Morgan fingerprint density at radius 3 is 2.03 bits per heavy atom. The zero-order valence-corrected chi connectivity index (χ0v) is 25.6. The second-order valence-electron chi connectivity index (χ2n) is 12.3. The summed E-state index contributed by atoms with van der Waals surface area (Å²) < 4.78 is 26.5. The van der Waals surface area contributed by atoms with Gasteiger partial charge in [-0.25, -0.2) is 9.59 Å². The van der Waals surface area contributed by atoms with Gasteiger partial charge in [-0.2, -0.15) is 0 Å². The number of esters is 1. The highest BCUT2D eigenvalue weighted by Crippen LogP contribution is 2.45. The number of rotatable bonds is 8. The molecule has 0 unspecified atom stereocenters. The van der Waals surface area contributed by atoms with Crippen LogP contribution >= 0.6 is 0 Å². The molecule has 0 aromatic carbocycles. The highest BCUT2D eigenvalue weighted by atomic mass is 28.4. The lowest BCUT2D eigenvalue weighted by Crippen LogP contribution is -2.53. The molecule has 0 radical (unpaired) electrons. The highest BCUT2D eigenvalue weighted by Gasteiger charge is 2.53. The Bertz CT molecular complexity index is 1060. The van der Waals surface area contributed by atoms with Crippen LogP contribution in [0, 0.1) is 0 Å². The lowest BCUT2D eigenvalue weighted by molar-refractivity contribution is -0.137. The third-order valence-electron chi connectivity index (χ3n) is 7.53. The van der Waals surface area contributed by atoms with E-state index in [2.05, 4.69) is 72.7 Å². The minimum atomic E-state index is -2.37. The molecule has 0 amide bonds. The predicted octanol–water partition coefficient (Wildman–Crippen LogP) is 4.33. The zero-order valence-electron chi connectivity index (χ0n) is 23.6. The molecule has 204 valence electrons. The van der Waals surface area contributed by atoms with Gasteiger partial charge in [0.2, 0.25) is 0 Å². The Hall–Kier alpha value is -1.80. The van der Waals surface area contributed by atoms with E-state index < -0.39 is 58.4 Å². The average Bonchev–Trinajstić information content (AvgIpc) is 3.01.